The van der Waals surface area contributed by atoms with Crippen molar-refractivity contribution in [1.29, 1.82) is 0 Å². The van der Waals surface area contributed by atoms with Gasteiger partial charge >= 0.3 is 6.18 Å². The van der Waals surface area contributed by atoms with E-state index in [9.17, 15) is 22.8 Å². The van der Waals surface area contributed by atoms with Gasteiger partial charge in [-0.2, -0.15) is 13.2 Å². The number of nitrogens with one attached hydrogen (secondary N) is 2. The zero-order valence-corrected chi connectivity index (χ0v) is 15.5. The van der Waals surface area contributed by atoms with Crippen molar-refractivity contribution in [3.8, 4) is 0 Å². The maximum absolute atomic E-state index is 13.3. The summed E-state index contributed by atoms with van der Waals surface area (Å²) in [5, 5.41) is 4.79. The van der Waals surface area contributed by atoms with E-state index in [0.717, 1.165) is 12.1 Å². The van der Waals surface area contributed by atoms with E-state index in [2.05, 4.69) is 10.6 Å². The molecule has 0 aliphatic carbocycles. The van der Waals surface area contributed by atoms with Gasteiger partial charge in [0.25, 0.3) is 11.8 Å². The number of carbonyl (C=O) groups excluding carboxylic acids is 2. The fourth-order valence-corrected chi connectivity index (χ4v) is 2.70. The molecule has 0 saturated carbocycles. The van der Waals surface area contributed by atoms with Gasteiger partial charge in [-0.1, -0.05) is 12.1 Å². The van der Waals surface area contributed by atoms with Gasteiger partial charge in [-0.05, 0) is 54.6 Å². The zero-order chi connectivity index (χ0) is 21.9. The maximum Gasteiger partial charge on any atom is 0.416 e. The monoisotopic (exact) mass is 414 g/mol. The normalized spacial score (nSPS) is 11.0. The fraction of sp³-hybridized carbons (Fsp3) is 0.0476. The van der Waals surface area contributed by atoms with E-state index in [4.69, 9.17) is 11.5 Å². The third-order valence-corrected chi connectivity index (χ3v) is 4.07. The quantitative estimate of drug-likeness (QED) is 0.475. The number of benzene rings is 3. The van der Waals surface area contributed by atoms with Crippen LogP contribution in [0, 0.1) is 0 Å². The van der Waals surface area contributed by atoms with E-state index in [-0.39, 0.29) is 22.5 Å². The molecule has 3 rings (SSSR count). The number of anilines is 4. The van der Waals surface area contributed by atoms with Gasteiger partial charge in [0.2, 0.25) is 0 Å². The number of hydrogen-bond donors (Lipinski definition) is 4. The smallest absolute Gasteiger partial charge is 0.399 e. The summed E-state index contributed by atoms with van der Waals surface area (Å²) in [4.78, 5) is 24.7. The lowest BCUT2D eigenvalue weighted by Crippen LogP contribution is -2.16. The Hall–Kier alpha value is -4.01. The van der Waals surface area contributed by atoms with E-state index in [1.54, 1.807) is 24.3 Å². The Labute approximate surface area is 169 Å². The molecule has 0 atom stereocenters. The molecule has 3 aromatic carbocycles. The lowest BCUT2D eigenvalue weighted by atomic mass is 10.1. The molecule has 0 unspecified atom stereocenters. The molecule has 0 saturated heterocycles. The van der Waals surface area contributed by atoms with Gasteiger partial charge < -0.3 is 22.1 Å². The van der Waals surface area contributed by atoms with Crippen LogP contribution in [0.5, 0.6) is 0 Å². The number of rotatable bonds is 4. The molecule has 3 aromatic rings. The van der Waals surface area contributed by atoms with Crippen LogP contribution in [-0.2, 0) is 6.18 Å². The molecule has 0 fully saturated rings. The van der Waals surface area contributed by atoms with Gasteiger partial charge in [0, 0.05) is 33.9 Å². The van der Waals surface area contributed by atoms with E-state index < -0.39 is 23.6 Å². The average Bonchev–Trinajstić information content (AvgIpc) is 2.67. The molecular weight excluding hydrogens is 397 g/mol. The minimum atomic E-state index is -4.69. The van der Waals surface area contributed by atoms with Crippen LogP contribution in [-0.4, -0.2) is 11.8 Å². The Kier molecular flexibility index (Phi) is 5.63. The van der Waals surface area contributed by atoms with Crippen molar-refractivity contribution < 1.29 is 22.8 Å². The summed E-state index contributed by atoms with van der Waals surface area (Å²) in [7, 11) is 0. The van der Waals surface area contributed by atoms with Gasteiger partial charge in [0.05, 0.1) is 5.56 Å². The molecule has 154 valence electrons. The summed E-state index contributed by atoms with van der Waals surface area (Å²) in [6.45, 7) is 0. The number of carbonyl (C=O) groups is 2. The molecule has 0 aliphatic rings. The highest BCUT2D eigenvalue weighted by Gasteiger charge is 2.31. The summed E-state index contributed by atoms with van der Waals surface area (Å²) in [5.74, 6) is -1.29. The molecule has 0 heterocycles. The predicted molar refractivity (Wildman–Crippen MR) is 109 cm³/mol. The summed E-state index contributed by atoms with van der Waals surface area (Å²) in [6.07, 6.45) is -4.69. The minimum absolute atomic E-state index is 0.139. The van der Waals surface area contributed by atoms with Crippen molar-refractivity contribution in [3.63, 3.8) is 0 Å². The molecule has 0 bridgehead atoms. The van der Waals surface area contributed by atoms with Crippen LogP contribution < -0.4 is 22.1 Å². The van der Waals surface area contributed by atoms with Crippen molar-refractivity contribution in [2.45, 2.75) is 6.18 Å². The van der Waals surface area contributed by atoms with E-state index >= 15 is 0 Å². The zero-order valence-electron chi connectivity index (χ0n) is 15.5. The Morgan fingerprint density at radius 1 is 0.700 bits per heavy atom. The van der Waals surface area contributed by atoms with Crippen LogP contribution in [0.15, 0.2) is 66.7 Å². The molecule has 6 N–H and O–H groups in total. The molecule has 6 nitrogen and oxygen atoms in total. The highest BCUT2D eigenvalue weighted by Crippen LogP contribution is 2.33. The second-order valence-corrected chi connectivity index (χ2v) is 6.46. The minimum Gasteiger partial charge on any atom is -0.399 e. The van der Waals surface area contributed by atoms with Gasteiger partial charge in [-0.15, -0.1) is 0 Å². The predicted octanol–water partition coefficient (Wildman–Crippen LogP) is 4.37. The Bertz CT molecular complexity index is 1040. The van der Waals surface area contributed by atoms with Crippen LogP contribution in [0.4, 0.5) is 35.9 Å². The standard InChI is InChI=1S/C21H17F3N4O2/c22-21(23,24)14-9-17(27-19(29)12-3-1-5-15(25)7-12)11-18(10-14)28-20(30)13-4-2-6-16(26)8-13/h1-11H,25-26H2,(H,27,29)(H,28,30). The molecular formula is C21H17F3N4O2. The molecule has 0 aromatic heterocycles. The van der Waals surface area contributed by atoms with Crippen LogP contribution in [0.25, 0.3) is 0 Å². The maximum atomic E-state index is 13.3. The highest BCUT2D eigenvalue weighted by molar-refractivity contribution is 6.07. The molecule has 0 aliphatic heterocycles. The second-order valence-electron chi connectivity index (χ2n) is 6.46. The average molecular weight is 414 g/mol. The molecule has 30 heavy (non-hydrogen) atoms. The lowest BCUT2D eigenvalue weighted by Gasteiger charge is -2.14. The number of alkyl halides is 3. The Morgan fingerprint density at radius 3 is 1.50 bits per heavy atom. The molecule has 9 heteroatoms. The molecule has 0 spiro atoms. The van der Waals surface area contributed by atoms with Crippen LogP contribution in [0.2, 0.25) is 0 Å². The highest BCUT2D eigenvalue weighted by atomic mass is 19.4. The Balaban J connectivity index is 1.90. The van der Waals surface area contributed by atoms with Crippen molar-refractivity contribution >= 4 is 34.6 Å². The number of nitrogen functional groups attached to an aromatic ring is 2. The van der Waals surface area contributed by atoms with Crippen LogP contribution in [0.3, 0.4) is 0 Å². The molecule has 2 amide bonds. The summed E-state index contributed by atoms with van der Waals surface area (Å²) in [6, 6.07) is 14.8. The molecule has 0 radical (unpaired) electrons. The first-order chi connectivity index (χ1) is 14.1. The largest absolute Gasteiger partial charge is 0.416 e. The van der Waals surface area contributed by atoms with Gasteiger partial charge in [-0.25, -0.2) is 0 Å². The van der Waals surface area contributed by atoms with Gasteiger partial charge in [-0.3, -0.25) is 9.59 Å². The summed E-state index contributed by atoms with van der Waals surface area (Å²) < 4.78 is 39.9. The van der Waals surface area contributed by atoms with E-state index in [0.29, 0.717) is 11.4 Å². The van der Waals surface area contributed by atoms with E-state index in [1.165, 1.54) is 30.3 Å². The van der Waals surface area contributed by atoms with Crippen molar-refractivity contribution in [3.05, 3.63) is 83.4 Å². The van der Waals surface area contributed by atoms with Crippen molar-refractivity contribution in [2.24, 2.45) is 0 Å². The first-order valence-electron chi connectivity index (χ1n) is 8.68. The summed E-state index contributed by atoms with van der Waals surface area (Å²) >= 11 is 0. The first-order valence-corrected chi connectivity index (χ1v) is 8.68. The first kappa shape index (κ1) is 20.7. The van der Waals surface area contributed by atoms with Crippen molar-refractivity contribution in [2.75, 3.05) is 22.1 Å². The number of hydrogen-bond acceptors (Lipinski definition) is 4. The summed E-state index contributed by atoms with van der Waals surface area (Å²) in [5.41, 5.74) is 11.0. The third kappa shape index (κ3) is 5.07. The number of nitrogens with two attached hydrogens (primary N) is 2. The van der Waals surface area contributed by atoms with Crippen LogP contribution in [0.1, 0.15) is 26.3 Å². The number of amides is 2. The van der Waals surface area contributed by atoms with Gasteiger partial charge in [0.1, 0.15) is 0 Å². The van der Waals surface area contributed by atoms with Crippen molar-refractivity contribution in [1.82, 2.24) is 0 Å². The number of halogens is 3. The lowest BCUT2D eigenvalue weighted by molar-refractivity contribution is -0.137. The van der Waals surface area contributed by atoms with Crippen LogP contribution >= 0.6 is 0 Å². The SMILES string of the molecule is Nc1cccc(C(=O)Nc2cc(NC(=O)c3cccc(N)c3)cc(C(F)(F)F)c2)c1. The second kappa shape index (κ2) is 8.16. The Morgan fingerprint density at radius 2 is 1.13 bits per heavy atom. The van der Waals surface area contributed by atoms with E-state index in [1.807, 2.05) is 0 Å². The van der Waals surface area contributed by atoms with Gasteiger partial charge in [0.15, 0.2) is 0 Å². The fourth-order valence-electron chi connectivity index (χ4n) is 2.70. The third-order valence-electron chi connectivity index (χ3n) is 4.07. The topological polar surface area (TPSA) is 110 Å².